The van der Waals surface area contributed by atoms with Crippen LogP contribution in [-0.4, -0.2) is 47.5 Å². The first kappa shape index (κ1) is 34.8. The highest BCUT2D eigenvalue weighted by atomic mass is 19.1. The van der Waals surface area contributed by atoms with E-state index in [9.17, 15) is 14.3 Å². The van der Waals surface area contributed by atoms with E-state index in [1.54, 1.807) is 12.1 Å². The molecule has 1 aromatic heterocycles. The number of anilines is 1. The van der Waals surface area contributed by atoms with E-state index in [0.29, 0.717) is 30.9 Å². The monoisotopic (exact) mass is 646 g/mol. The lowest BCUT2D eigenvalue weighted by molar-refractivity contribution is -0.160. The molecule has 1 atom stereocenters. The summed E-state index contributed by atoms with van der Waals surface area (Å²) in [6.07, 6.45) is 6.09. The fourth-order valence-electron chi connectivity index (χ4n) is 6.64. The van der Waals surface area contributed by atoms with Crippen molar-refractivity contribution in [3.63, 3.8) is 0 Å². The zero-order valence-corrected chi connectivity index (χ0v) is 28.9. The molecule has 47 heavy (non-hydrogen) atoms. The number of carboxylic acids is 1. The Kier molecular flexibility index (Phi) is 10.9. The number of hydrogen-bond acceptors (Lipinski definition) is 6. The van der Waals surface area contributed by atoms with Gasteiger partial charge in [-0.05, 0) is 94.2 Å². The van der Waals surface area contributed by atoms with Gasteiger partial charge in [-0.1, -0.05) is 51.0 Å². The third-order valence-electron chi connectivity index (χ3n) is 9.34. The lowest BCUT2D eigenvalue weighted by Gasteiger charge is -2.41. The Bertz CT molecular complexity index is 1500. The number of carbonyl (C=O) groups is 1. The van der Waals surface area contributed by atoms with Crippen molar-refractivity contribution < 1.29 is 28.5 Å². The molecule has 2 fully saturated rings. The maximum absolute atomic E-state index is 13.3. The Labute approximate surface area is 279 Å². The number of carboxylic acid groups (broad SMARTS) is 1. The summed E-state index contributed by atoms with van der Waals surface area (Å²) in [6, 6.07) is 14.4. The predicted molar refractivity (Wildman–Crippen MR) is 183 cm³/mol. The summed E-state index contributed by atoms with van der Waals surface area (Å²) < 4.78 is 32.1. The quantitative estimate of drug-likeness (QED) is 0.211. The molecular weight excluding hydrogens is 595 g/mol. The first-order valence-electron chi connectivity index (χ1n) is 17.1. The fourth-order valence-corrected chi connectivity index (χ4v) is 6.64. The van der Waals surface area contributed by atoms with Crippen LogP contribution in [0.3, 0.4) is 0 Å². The van der Waals surface area contributed by atoms with E-state index in [-0.39, 0.29) is 17.3 Å². The fraction of sp³-hybridized carbons (Fsp3) is 0.538. The van der Waals surface area contributed by atoms with E-state index in [0.717, 1.165) is 72.6 Å². The smallest absolute Gasteiger partial charge is 0.337 e. The van der Waals surface area contributed by atoms with Crippen LogP contribution in [0.2, 0.25) is 0 Å². The molecule has 5 rings (SSSR count). The van der Waals surface area contributed by atoms with Crippen LogP contribution in [0, 0.1) is 18.2 Å². The van der Waals surface area contributed by atoms with Gasteiger partial charge in [0.05, 0.1) is 36.3 Å². The van der Waals surface area contributed by atoms with E-state index in [4.69, 9.17) is 19.2 Å². The van der Waals surface area contributed by atoms with Gasteiger partial charge >= 0.3 is 5.97 Å². The molecule has 2 aliphatic rings. The van der Waals surface area contributed by atoms with Gasteiger partial charge in [-0.15, -0.1) is 0 Å². The zero-order chi connectivity index (χ0) is 33.8. The average molecular weight is 647 g/mol. The molecule has 1 saturated carbocycles. The van der Waals surface area contributed by atoms with Crippen molar-refractivity contribution in [3.05, 3.63) is 76.9 Å². The van der Waals surface area contributed by atoms with Crippen LogP contribution in [0.15, 0.2) is 48.5 Å². The molecule has 0 radical (unpaired) electrons. The van der Waals surface area contributed by atoms with Gasteiger partial charge in [-0.25, -0.2) is 9.18 Å². The van der Waals surface area contributed by atoms with Crippen LogP contribution in [0.25, 0.3) is 11.1 Å². The Morgan fingerprint density at radius 1 is 1.04 bits per heavy atom. The molecule has 7 nitrogen and oxygen atoms in total. The second-order valence-electron chi connectivity index (χ2n) is 14.8. The number of hydrogen-bond donors (Lipinski definition) is 1. The predicted octanol–water partition coefficient (Wildman–Crippen LogP) is 8.84. The van der Waals surface area contributed by atoms with Gasteiger partial charge in [0.2, 0.25) is 0 Å². The summed E-state index contributed by atoms with van der Waals surface area (Å²) in [4.78, 5) is 20.4. The molecule has 1 aliphatic heterocycles. The first-order valence-corrected chi connectivity index (χ1v) is 17.1. The van der Waals surface area contributed by atoms with Crippen LogP contribution in [0.1, 0.15) is 102 Å². The maximum atomic E-state index is 13.3. The lowest BCUT2D eigenvalue weighted by atomic mass is 9.81. The largest absolute Gasteiger partial charge is 0.493 e. The van der Waals surface area contributed by atoms with Gasteiger partial charge in [0, 0.05) is 36.3 Å². The van der Waals surface area contributed by atoms with E-state index < -0.39 is 17.7 Å². The zero-order valence-electron chi connectivity index (χ0n) is 28.9. The van der Waals surface area contributed by atoms with Gasteiger partial charge in [0.15, 0.2) is 6.10 Å². The van der Waals surface area contributed by atoms with Gasteiger partial charge in [-0.3, -0.25) is 4.98 Å². The number of aliphatic carboxylic acids is 1. The minimum Gasteiger partial charge on any atom is -0.493 e. The number of benzene rings is 2. The highest BCUT2D eigenvalue weighted by Crippen LogP contribution is 2.45. The van der Waals surface area contributed by atoms with Crippen molar-refractivity contribution in [2.75, 3.05) is 24.6 Å². The Morgan fingerprint density at radius 3 is 2.28 bits per heavy atom. The molecule has 1 N–H and O–H groups in total. The topological polar surface area (TPSA) is 81.1 Å². The third kappa shape index (κ3) is 9.11. The minimum atomic E-state index is -1.19. The molecule has 0 amide bonds. The number of piperidine rings is 1. The molecule has 1 aliphatic carbocycles. The molecule has 2 heterocycles. The molecule has 254 valence electrons. The van der Waals surface area contributed by atoms with E-state index in [2.05, 4.69) is 18.7 Å². The molecule has 1 saturated heterocycles. The van der Waals surface area contributed by atoms with Gasteiger partial charge in [0.1, 0.15) is 11.6 Å². The Hall–Kier alpha value is -3.49. The highest BCUT2D eigenvalue weighted by Gasteiger charge is 2.37. The number of pyridine rings is 1. The van der Waals surface area contributed by atoms with Crippen molar-refractivity contribution in [1.29, 1.82) is 0 Å². The maximum Gasteiger partial charge on any atom is 0.337 e. The summed E-state index contributed by atoms with van der Waals surface area (Å²) in [5, 5.41) is 10.6. The normalized spacial score (nSPS) is 17.6. The average Bonchev–Trinajstić information content (AvgIpc) is 3.54. The van der Waals surface area contributed by atoms with E-state index >= 15 is 0 Å². The number of nitrogens with zero attached hydrogens (tertiary/aromatic N) is 2. The van der Waals surface area contributed by atoms with Gasteiger partial charge in [-0.2, -0.15) is 0 Å². The second-order valence-corrected chi connectivity index (χ2v) is 14.8. The highest BCUT2D eigenvalue weighted by molar-refractivity contribution is 5.88. The standard InChI is InChI=1S/C39H51FN2O5/c1-26-33(36(37(43)44)47-38(2,3)4)35(42-22-20-39(5,6)21-23-42)34(32(41-26)25-46-30-9-7-8-10-30)28-13-17-31(18-14-28)45-24-19-27-11-15-29(40)16-12-27/h11-18,30,36H,7-10,19-25H2,1-6H3,(H,43,44). The number of halogens is 1. The molecule has 0 spiro atoms. The Balaban J connectivity index is 1.57. The Morgan fingerprint density at radius 2 is 1.68 bits per heavy atom. The SMILES string of the molecule is Cc1nc(COC2CCCC2)c(-c2ccc(OCCc3ccc(F)cc3)cc2)c(N2CCC(C)(C)CC2)c1C(OC(C)(C)C)C(=O)O. The summed E-state index contributed by atoms with van der Waals surface area (Å²) in [7, 11) is 0. The van der Waals surface area contributed by atoms with Crippen molar-refractivity contribution in [1.82, 2.24) is 4.98 Å². The van der Waals surface area contributed by atoms with Gasteiger partial charge < -0.3 is 24.2 Å². The summed E-state index contributed by atoms with van der Waals surface area (Å²) in [6.45, 7) is 14.5. The number of ether oxygens (including phenoxy) is 3. The van der Waals surface area contributed by atoms with Crippen molar-refractivity contribution in [2.24, 2.45) is 5.41 Å². The molecule has 2 aromatic carbocycles. The molecule has 3 aromatic rings. The molecular formula is C39H51FN2O5. The molecule has 8 heteroatoms. The van der Waals surface area contributed by atoms with Crippen LogP contribution in [0.5, 0.6) is 5.75 Å². The number of rotatable bonds is 12. The van der Waals surface area contributed by atoms with Crippen LogP contribution in [-0.2, 0) is 27.3 Å². The summed E-state index contributed by atoms with van der Waals surface area (Å²) >= 11 is 0. The van der Waals surface area contributed by atoms with E-state index in [1.165, 1.54) is 25.0 Å². The van der Waals surface area contributed by atoms with Crippen LogP contribution in [0.4, 0.5) is 10.1 Å². The van der Waals surface area contributed by atoms with Crippen molar-refractivity contribution >= 4 is 11.7 Å². The number of aryl methyl sites for hydroxylation is 1. The minimum absolute atomic E-state index is 0.203. The summed E-state index contributed by atoms with van der Waals surface area (Å²) in [5.41, 5.74) is 5.28. The molecule has 1 unspecified atom stereocenters. The molecule has 0 bridgehead atoms. The van der Waals surface area contributed by atoms with Gasteiger partial charge in [0.25, 0.3) is 0 Å². The van der Waals surface area contributed by atoms with Crippen LogP contribution >= 0.6 is 0 Å². The lowest BCUT2D eigenvalue weighted by Crippen LogP contribution is -2.39. The second kappa shape index (κ2) is 14.7. The summed E-state index contributed by atoms with van der Waals surface area (Å²) in [5.74, 6) is -0.561. The van der Waals surface area contributed by atoms with Crippen molar-refractivity contribution in [3.8, 4) is 16.9 Å². The third-order valence-corrected chi connectivity index (χ3v) is 9.34. The van der Waals surface area contributed by atoms with E-state index in [1.807, 2.05) is 52.0 Å². The van der Waals surface area contributed by atoms with Crippen LogP contribution < -0.4 is 9.64 Å². The number of aromatic nitrogens is 1. The first-order chi connectivity index (χ1) is 22.3. The van der Waals surface area contributed by atoms with Crippen molar-refractivity contribution in [2.45, 2.75) is 111 Å².